The number of rotatable bonds is 4. The Morgan fingerprint density at radius 1 is 0.514 bits per heavy atom. The fourth-order valence-corrected chi connectivity index (χ4v) is 5.89. The van der Waals surface area contributed by atoms with Crippen molar-refractivity contribution in [1.82, 2.24) is 0 Å². The number of allylic oxidation sites excluding steroid dienone is 1. The molecule has 0 atom stereocenters. The molecule has 7 aromatic rings. The first-order valence-corrected chi connectivity index (χ1v) is 13.0. The molecule has 0 radical (unpaired) electrons. The van der Waals surface area contributed by atoms with Crippen LogP contribution < -0.4 is 0 Å². The largest absolute Gasteiger partial charge is 0.102 e. The van der Waals surface area contributed by atoms with Crippen molar-refractivity contribution in [3.8, 4) is 22.3 Å². The Labute approximate surface area is 217 Å². The third kappa shape index (κ3) is 3.37. The topological polar surface area (TPSA) is 0 Å². The molecule has 0 aliphatic carbocycles. The maximum Gasteiger partial charge on any atom is 0.00726 e. The molecule has 0 saturated heterocycles. The molecule has 0 bridgehead atoms. The lowest BCUT2D eigenvalue weighted by atomic mass is 9.84. The highest BCUT2D eigenvalue weighted by atomic mass is 14.2. The zero-order chi connectivity index (χ0) is 25.1. The highest BCUT2D eigenvalue weighted by Gasteiger charge is 2.17. The van der Waals surface area contributed by atoms with Crippen LogP contribution in [0.2, 0.25) is 0 Å². The van der Waals surface area contributed by atoms with E-state index in [9.17, 15) is 0 Å². The molecular weight excluding hydrogens is 444 g/mol. The summed E-state index contributed by atoms with van der Waals surface area (Å²) < 4.78 is 0. The average molecular weight is 473 g/mol. The second-order valence-electron chi connectivity index (χ2n) is 10.7. The van der Waals surface area contributed by atoms with Gasteiger partial charge in [0.2, 0.25) is 0 Å². The molecule has 0 aromatic heterocycles. The molecule has 0 unspecified atom stereocenters. The van der Waals surface area contributed by atoms with Gasteiger partial charge in [0.05, 0.1) is 0 Å². The summed E-state index contributed by atoms with van der Waals surface area (Å²) in [6, 6.07) is 42.7. The van der Waals surface area contributed by atoms with Gasteiger partial charge < -0.3 is 0 Å². The Bertz CT molecular complexity index is 1930. The summed E-state index contributed by atoms with van der Waals surface area (Å²) in [5, 5.41) is 10.5. The van der Waals surface area contributed by atoms with Crippen molar-refractivity contribution in [1.29, 1.82) is 0 Å². The van der Waals surface area contributed by atoms with Crippen LogP contribution in [0.25, 0.3) is 65.3 Å². The summed E-state index contributed by atoms with van der Waals surface area (Å²) in [5.74, 6) is 0. The van der Waals surface area contributed by atoms with Gasteiger partial charge in [-0.3, -0.25) is 0 Å². The Kier molecular flexibility index (Phi) is 4.75. The zero-order valence-corrected chi connectivity index (χ0v) is 21.3. The van der Waals surface area contributed by atoms with Gasteiger partial charge in [-0.05, 0) is 83.0 Å². The molecule has 0 N–H and O–H groups in total. The van der Waals surface area contributed by atoms with Gasteiger partial charge >= 0.3 is 0 Å². The molecule has 0 heterocycles. The predicted molar refractivity (Wildman–Crippen MR) is 162 cm³/mol. The van der Waals surface area contributed by atoms with Gasteiger partial charge in [-0.2, -0.15) is 0 Å². The smallest absolute Gasteiger partial charge is 0.00726 e. The van der Waals surface area contributed by atoms with Gasteiger partial charge in [0.15, 0.2) is 0 Å². The van der Waals surface area contributed by atoms with Gasteiger partial charge in [-0.1, -0.05) is 123 Å². The van der Waals surface area contributed by atoms with Gasteiger partial charge in [0.25, 0.3) is 0 Å². The molecule has 37 heavy (non-hydrogen) atoms. The van der Waals surface area contributed by atoms with Crippen LogP contribution in [0.1, 0.15) is 19.4 Å². The third-order valence-electron chi connectivity index (χ3n) is 8.15. The van der Waals surface area contributed by atoms with Gasteiger partial charge in [0.1, 0.15) is 0 Å². The molecule has 176 valence electrons. The predicted octanol–water partition coefficient (Wildman–Crippen LogP) is 10.5. The average Bonchev–Trinajstić information content (AvgIpc) is 2.95. The lowest BCUT2D eigenvalue weighted by Crippen LogP contribution is -2.12. The Balaban J connectivity index is 1.44. The molecule has 0 nitrogen and oxygen atoms in total. The molecule has 0 heteroatoms. The first-order valence-electron chi connectivity index (χ1n) is 13.0. The SMILES string of the molecule is C=CC(C)(C)c1ccc(-c2cc3ccc4ccc(-c5cccc6ccccc56)c5ccc(c2)c3c45)cc1. The van der Waals surface area contributed by atoms with E-state index < -0.39 is 0 Å². The van der Waals surface area contributed by atoms with E-state index in [1.807, 2.05) is 6.08 Å². The van der Waals surface area contributed by atoms with Crippen molar-refractivity contribution in [2.45, 2.75) is 19.3 Å². The molecule has 0 spiro atoms. The quantitative estimate of drug-likeness (QED) is 0.176. The molecule has 0 aliphatic rings. The summed E-state index contributed by atoms with van der Waals surface area (Å²) in [4.78, 5) is 0. The molecular formula is C37H28. The third-order valence-corrected chi connectivity index (χ3v) is 8.15. The number of hydrogen-bond acceptors (Lipinski definition) is 0. The fraction of sp³-hybridized carbons (Fsp3) is 0.0811. The van der Waals surface area contributed by atoms with Crippen molar-refractivity contribution < 1.29 is 0 Å². The van der Waals surface area contributed by atoms with Crippen LogP contribution in [-0.2, 0) is 5.41 Å². The van der Waals surface area contributed by atoms with Crippen LogP contribution in [0.3, 0.4) is 0 Å². The highest BCUT2D eigenvalue weighted by Crippen LogP contribution is 2.42. The van der Waals surface area contributed by atoms with Crippen LogP contribution in [0.4, 0.5) is 0 Å². The monoisotopic (exact) mass is 472 g/mol. The van der Waals surface area contributed by atoms with Crippen molar-refractivity contribution >= 4 is 43.1 Å². The van der Waals surface area contributed by atoms with Crippen molar-refractivity contribution in [3.63, 3.8) is 0 Å². The summed E-state index contributed by atoms with van der Waals surface area (Å²) in [7, 11) is 0. The maximum absolute atomic E-state index is 4.01. The van der Waals surface area contributed by atoms with Gasteiger partial charge in [-0.25, -0.2) is 0 Å². The molecule has 0 fully saturated rings. The van der Waals surface area contributed by atoms with E-state index in [2.05, 4.69) is 136 Å². The van der Waals surface area contributed by atoms with Crippen LogP contribution in [0, 0.1) is 0 Å². The van der Waals surface area contributed by atoms with Crippen LogP contribution in [0.5, 0.6) is 0 Å². The van der Waals surface area contributed by atoms with E-state index in [1.165, 1.54) is 70.9 Å². The van der Waals surface area contributed by atoms with Gasteiger partial charge in [-0.15, -0.1) is 6.58 Å². The lowest BCUT2D eigenvalue weighted by molar-refractivity contribution is 0.672. The van der Waals surface area contributed by atoms with E-state index in [-0.39, 0.29) is 5.41 Å². The Morgan fingerprint density at radius 3 is 1.95 bits per heavy atom. The fourth-order valence-electron chi connectivity index (χ4n) is 5.89. The molecule has 0 saturated carbocycles. The van der Waals surface area contributed by atoms with Crippen molar-refractivity contribution in [3.05, 3.63) is 133 Å². The minimum atomic E-state index is -0.0340. The summed E-state index contributed by atoms with van der Waals surface area (Å²) in [6.07, 6.45) is 2.02. The number of hydrogen-bond donors (Lipinski definition) is 0. The summed E-state index contributed by atoms with van der Waals surface area (Å²) in [6.45, 7) is 8.42. The van der Waals surface area contributed by atoms with Crippen molar-refractivity contribution in [2.24, 2.45) is 0 Å². The van der Waals surface area contributed by atoms with Gasteiger partial charge in [0, 0.05) is 5.41 Å². The summed E-state index contributed by atoms with van der Waals surface area (Å²) >= 11 is 0. The van der Waals surface area contributed by atoms with E-state index in [1.54, 1.807) is 0 Å². The number of benzene rings is 7. The second-order valence-corrected chi connectivity index (χ2v) is 10.7. The number of fused-ring (bicyclic) bond motifs is 1. The zero-order valence-electron chi connectivity index (χ0n) is 21.3. The Hall–Kier alpha value is -4.42. The highest BCUT2D eigenvalue weighted by molar-refractivity contribution is 6.26. The minimum Gasteiger partial charge on any atom is -0.102 e. The van der Waals surface area contributed by atoms with E-state index in [4.69, 9.17) is 0 Å². The molecule has 7 rings (SSSR count). The van der Waals surface area contributed by atoms with Crippen molar-refractivity contribution in [2.75, 3.05) is 0 Å². The normalized spacial score (nSPS) is 12.2. The molecule has 0 amide bonds. The maximum atomic E-state index is 4.01. The first-order chi connectivity index (χ1) is 18.0. The molecule has 7 aromatic carbocycles. The van der Waals surface area contributed by atoms with E-state index >= 15 is 0 Å². The van der Waals surface area contributed by atoms with Crippen LogP contribution >= 0.6 is 0 Å². The molecule has 0 aliphatic heterocycles. The van der Waals surface area contributed by atoms with E-state index in [0.29, 0.717) is 0 Å². The lowest BCUT2D eigenvalue weighted by Gasteiger charge is -2.21. The Morgan fingerprint density at radius 2 is 1.16 bits per heavy atom. The standard InChI is InChI=1S/C37H28/c1-4-37(2,3)30-18-14-24(15-19-30)29-22-27-13-12-26-16-20-33(34-21-17-28(23-29)35(27)36(26)34)32-11-7-9-25-8-5-6-10-31(25)32/h4-23H,1H2,2-3H3. The second kappa shape index (κ2) is 8.05. The van der Waals surface area contributed by atoms with Crippen LogP contribution in [-0.4, -0.2) is 0 Å². The summed E-state index contributed by atoms with van der Waals surface area (Å²) in [5.41, 5.74) is 6.33. The van der Waals surface area contributed by atoms with Crippen LogP contribution in [0.15, 0.2) is 128 Å². The van der Waals surface area contributed by atoms with E-state index in [0.717, 1.165) is 0 Å². The first kappa shape index (κ1) is 21.8. The minimum absolute atomic E-state index is 0.0340.